The standard InChI is InChI=1S/C15H20N4O2/c1-5-20-13-17-12(16)18-14(19-13)21-11-8-6-7-10(9-11)15(2,3)4/h6-9H,5H2,1-4H3,(H2,16,17,18,19). The van der Waals surface area contributed by atoms with Gasteiger partial charge in [0.15, 0.2) is 0 Å². The summed E-state index contributed by atoms with van der Waals surface area (Å²) in [6.07, 6.45) is 0. The summed E-state index contributed by atoms with van der Waals surface area (Å²) >= 11 is 0. The highest BCUT2D eigenvalue weighted by atomic mass is 16.5. The maximum absolute atomic E-state index is 5.66. The van der Waals surface area contributed by atoms with Crippen molar-refractivity contribution in [2.45, 2.75) is 33.1 Å². The van der Waals surface area contributed by atoms with Gasteiger partial charge >= 0.3 is 12.0 Å². The summed E-state index contributed by atoms with van der Waals surface area (Å²) in [5.41, 5.74) is 6.82. The molecule has 0 aliphatic carbocycles. The Balaban J connectivity index is 2.26. The Morgan fingerprint density at radius 1 is 1.10 bits per heavy atom. The van der Waals surface area contributed by atoms with Gasteiger partial charge in [-0.25, -0.2) is 0 Å². The fraction of sp³-hybridized carbons (Fsp3) is 0.400. The first-order valence-electron chi connectivity index (χ1n) is 6.81. The van der Waals surface area contributed by atoms with Crippen LogP contribution in [0.3, 0.4) is 0 Å². The van der Waals surface area contributed by atoms with E-state index in [1.165, 1.54) is 0 Å². The van der Waals surface area contributed by atoms with Gasteiger partial charge in [0.1, 0.15) is 5.75 Å². The molecule has 2 rings (SSSR count). The van der Waals surface area contributed by atoms with Crippen LogP contribution >= 0.6 is 0 Å². The van der Waals surface area contributed by atoms with Crippen molar-refractivity contribution in [2.75, 3.05) is 12.3 Å². The fourth-order valence-electron chi connectivity index (χ4n) is 1.72. The molecule has 6 heteroatoms. The molecule has 112 valence electrons. The van der Waals surface area contributed by atoms with E-state index in [-0.39, 0.29) is 23.4 Å². The van der Waals surface area contributed by atoms with Crippen LogP contribution in [0.4, 0.5) is 5.95 Å². The van der Waals surface area contributed by atoms with Gasteiger partial charge in [-0.15, -0.1) is 4.98 Å². The third-order valence-corrected chi connectivity index (χ3v) is 2.79. The van der Waals surface area contributed by atoms with Gasteiger partial charge in [0.05, 0.1) is 6.61 Å². The van der Waals surface area contributed by atoms with Crippen molar-refractivity contribution in [2.24, 2.45) is 0 Å². The van der Waals surface area contributed by atoms with Gasteiger partial charge in [0, 0.05) is 0 Å². The van der Waals surface area contributed by atoms with Crippen LogP contribution < -0.4 is 15.2 Å². The van der Waals surface area contributed by atoms with Gasteiger partial charge in [-0.2, -0.15) is 9.97 Å². The Labute approximate surface area is 124 Å². The minimum Gasteiger partial charge on any atom is -0.464 e. The van der Waals surface area contributed by atoms with Gasteiger partial charge in [0.25, 0.3) is 0 Å². The molecule has 0 atom stereocenters. The molecule has 0 fully saturated rings. The topological polar surface area (TPSA) is 83.2 Å². The van der Waals surface area contributed by atoms with Crippen LogP contribution in [0.2, 0.25) is 0 Å². The van der Waals surface area contributed by atoms with E-state index in [2.05, 4.69) is 41.8 Å². The molecule has 2 N–H and O–H groups in total. The van der Waals surface area contributed by atoms with Crippen LogP contribution in [-0.2, 0) is 5.41 Å². The summed E-state index contributed by atoms with van der Waals surface area (Å²) < 4.78 is 10.9. The molecule has 1 aromatic carbocycles. The third kappa shape index (κ3) is 4.05. The molecule has 0 saturated heterocycles. The lowest BCUT2D eigenvalue weighted by Gasteiger charge is -2.19. The van der Waals surface area contributed by atoms with Gasteiger partial charge in [-0.3, -0.25) is 0 Å². The van der Waals surface area contributed by atoms with E-state index in [1.54, 1.807) is 0 Å². The highest BCUT2D eigenvalue weighted by Crippen LogP contribution is 2.27. The Bertz CT molecular complexity index is 623. The number of hydrogen-bond donors (Lipinski definition) is 1. The van der Waals surface area contributed by atoms with Gasteiger partial charge in [-0.1, -0.05) is 32.9 Å². The minimum absolute atomic E-state index is 0.0357. The zero-order valence-corrected chi connectivity index (χ0v) is 12.8. The first kappa shape index (κ1) is 15.0. The normalized spacial score (nSPS) is 11.2. The van der Waals surface area contributed by atoms with Gasteiger partial charge < -0.3 is 15.2 Å². The van der Waals surface area contributed by atoms with Crippen molar-refractivity contribution in [3.05, 3.63) is 29.8 Å². The summed E-state index contributed by atoms with van der Waals surface area (Å²) in [7, 11) is 0. The SMILES string of the molecule is CCOc1nc(N)nc(Oc2cccc(C(C)(C)C)c2)n1. The quantitative estimate of drug-likeness (QED) is 0.931. The Kier molecular flexibility index (Phi) is 4.26. The number of rotatable bonds is 4. The van der Waals surface area contributed by atoms with Gasteiger partial charge in [0.2, 0.25) is 5.95 Å². The lowest BCUT2D eigenvalue weighted by molar-refractivity contribution is 0.304. The summed E-state index contributed by atoms with van der Waals surface area (Å²) in [5, 5.41) is 0. The smallest absolute Gasteiger partial charge is 0.330 e. The highest BCUT2D eigenvalue weighted by Gasteiger charge is 2.15. The number of ether oxygens (including phenoxy) is 2. The lowest BCUT2D eigenvalue weighted by atomic mass is 9.87. The van der Waals surface area contributed by atoms with Gasteiger partial charge in [-0.05, 0) is 30.0 Å². The molecule has 0 bridgehead atoms. The molecule has 0 aliphatic heterocycles. The molecular weight excluding hydrogens is 268 g/mol. The predicted octanol–water partition coefficient (Wildman–Crippen LogP) is 2.94. The number of nitrogen functional groups attached to an aromatic ring is 1. The second-order valence-electron chi connectivity index (χ2n) is 5.57. The zero-order chi connectivity index (χ0) is 15.5. The maximum atomic E-state index is 5.66. The maximum Gasteiger partial charge on any atom is 0.330 e. The molecule has 0 amide bonds. The summed E-state index contributed by atoms with van der Waals surface area (Å²) in [6.45, 7) is 8.70. The highest BCUT2D eigenvalue weighted by molar-refractivity contribution is 5.34. The van der Waals surface area contributed by atoms with Crippen molar-refractivity contribution in [3.63, 3.8) is 0 Å². The average Bonchev–Trinajstić information content (AvgIpc) is 2.37. The fourth-order valence-corrected chi connectivity index (χ4v) is 1.72. The first-order valence-corrected chi connectivity index (χ1v) is 6.81. The second kappa shape index (κ2) is 5.95. The van der Waals surface area contributed by atoms with Crippen molar-refractivity contribution < 1.29 is 9.47 Å². The van der Waals surface area contributed by atoms with Crippen molar-refractivity contribution in [1.82, 2.24) is 15.0 Å². The second-order valence-corrected chi connectivity index (χ2v) is 5.57. The van der Waals surface area contributed by atoms with Crippen molar-refractivity contribution >= 4 is 5.95 Å². The molecule has 21 heavy (non-hydrogen) atoms. The van der Waals surface area contributed by atoms with Crippen LogP contribution in [0.25, 0.3) is 0 Å². The lowest BCUT2D eigenvalue weighted by Crippen LogP contribution is -2.11. The number of benzene rings is 1. The molecule has 1 heterocycles. The Morgan fingerprint density at radius 3 is 2.48 bits per heavy atom. The van der Waals surface area contributed by atoms with E-state index in [0.29, 0.717) is 12.4 Å². The van der Waals surface area contributed by atoms with Crippen LogP contribution in [0.1, 0.15) is 33.3 Å². The molecule has 1 aromatic heterocycles. The number of aromatic nitrogens is 3. The minimum atomic E-state index is 0.0357. The number of anilines is 1. The zero-order valence-electron chi connectivity index (χ0n) is 12.8. The number of nitrogens with two attached hydrogens (primary N) is 1. The van der Waals surface area contributed by atoms with E-state index < -0.39 is 0 Å². The molecule has 0 spiro atoms. The van der Waals surface area contributed by atoms with E-state index >= 15 is 0 Å². The summed E-state index contributed by atoms with van der Waals surface area (Å²) in [4.78, 5) is 11.9. The van der Waals surface area contributed by atoms with E-state index in [9.17, 15) is 0 Å². The number of hydrogen-bond acceptors (Lipinski definition) is 6. The third-order valence-electron chi connectivity index (χ3n) is 2.79. The predicted molar refractivity (Wildman–Crippen MR) is 80.6 cm³/mol. The van der Waals surface area contributed by atoms with Crippen LogP contribution in [0.5, 0.6) is 17.8 Å². The van der Waals surface area contributed by atoms with E-state index in [0.717, 1.165) is 5.56 Å². The van der Waals surface area contributed by atoms with Crippen LogP contribution in [-0.4, -0.2) is 21.6 Å². The molecule has 0 saturated carbocycles. The molecule has 0 aliphatic rings. The Hall–Kier alpha value is -2.37. The first-order chi connectivity index (χ1) is 9.88. The Morgan fingerprint density at radius 2 is 1.81 bits per heavy atom. The molecular formula is C15H20N4O2. The number of nitrogens with zero attached hydrogens (tertiary/aromatic N) is 3. The van der Waals surface area contributed by atoms with E-state index in [4.69, 9.17) is 15.2 Å². The summed E-state index contributed by atoms with van der Waals surface area (Å²) in [5.74, 6) is 0.714. The van der Waals surface area contributed by atoms with Crippen LogP contribution in [0.15, 0.2) is 24.3 Å². The average molecular weight is 288 g/mol. The largest absolute Gasteiger partial charge is 0.464 e. The van der Waals surface area contributed by atoms with Crippen molar-refractivity contribution in [3.8, 4) is 17.8 Å². The van der Waals surface area contributed by atoms with Crippen LogP contribution in [0, 0.1) is 0 Å². The molecule has 2 aromatic rings. The van der Waals surface area contributed by atoms with Crippen molar-refractivity contribution in [1.29, 1.82) is 0 Å². The molecule has 0 unspecified atom stereocenters. The monoisotopic (exact) mass is 288 g/mol. The van der Waals surface area contributed by atoms with E-state index in [1.807, 2.05) is 25.1 Å². The molecule has 0 radical (unpaired) electrons. The summed E-state index contributed by atoms with van der Waals surface area (Å²) in [6, 6.07) is 8.07. The molecule has 6 nitrogen and oxygen atoms in total.